The molecule has 10 nitrogen and oxygen atoms in total. The molecule has 0 bridgehead atoms. The van der Waals surface area contributed by atoms with Gasteiger partial charge in [0.1, 0.15) is 24.1 Å². The van der Waals surface area contributed by atoms with Crippen molar-refractivity contribution in [2.45, 2.75) is 44.8 Å². The lowest BCUT2D eigenvalue weighted by molar-refractivity contribution is -0.138. The third-order valence-electron chi connectivity index (χ3n) is 6.62. The Kier molecular flexibility index (Phi) is 10.4. The van der Waals surface area contributed by atoms with Gasteiger partial charge in [-0.15, -0.1) is 0 Å². The summed E-state index contributed by atoms with van der Waals surface area (Å²) in [5.41, 5.74) is 3.29. The van der Waals surface area contributed by atoms with E-state index in [1.54, 1.807) is 12.1 Å². The zero-order chi connectivity index (χ0) is 29.4. The van der Waals surface area contributed by atoms with Crippen LogP contribution in [0.15, 0.2) is 48.7 Å². The monoisotopic (exact) mass is 588 g/mol. The maximum atomic E-state index is 13.9. The second-order valence-electron chi connectivity index (χ2n) is 9.67. The molecule has 1 aliphatic rings. The van der Waals surface area contributed by atoms with Gasteiger partial charge in [0.2, 0.25) is 11.8 Å². The number of amides is 3. The molecule has 0 saturated carbocycles. The fourth-order valence-corrected chi connectivity index (χ4v) is 4.73. The number of pyridine rings is 1. The number of hydrogen-bond donors (Lipinski definition) is 4. The first-order chi connectivity index (χ1) is 19.7. The van der Waals surface area contributed by atoms with Gasteiger partial charge in [-0.05, 0) is 67.2 Å². The zero-order valence-electron chi connectivity index (χ0n) is 22.4. The van der Waals surface area contributed by atoms with E-state index in [-0.39, 0.29) is 42.4 Å². The summed E-state index contributed by atoms with van der Waals surface area (Å²) in [5, 5.41) is 11.0. The largest absolute Gasteiger partial charge is 0.447 e. The number of hydrogen-bond acceptors (Lipinski definition) is 7. The first-order valence-electron chi connectivity index (χ1n) is 13.1. The summed E-state index contributed by atoms with van der Waals surface area (Å²) >= 11 is 6.06. The van der Waals surface area contributed by atoms with Crippen LogP contribution in [0.25, 0.3) is 10.8 Å². The Hall–Kier alpha value is -3.87. The van der Waals surface area contributed by atoms with Gasteiger partial charge < -0.3 is 15.4 Å². The number of nitrogens with zero attached hydrogens (tertiary/aromatic N) is 2. The fraction of sp³-hybridized carbons (Fsp3) is 0.357. The normalized spacial score (nSPS) is 14.3. The molecule has 0 aliphatic carbocycles. The summed E-state index contributed by atoms with van der Waals surface area (Å²) in [4.78, 5) is 42.4. The van der Waals surface area contributed by atoms with Gasteiger partial charge >= 0.3 is 6.09 Å². The summed E-state index contributed by atoms with van der Waals surface area (Å²) in [6.45, 7) is 2.48. The number of piperidine rings is 1. The van der Waals surface area contributed by atoms with Gasteiger partial charge in [-0.25, -0.2) is 24.0 Å². The average molecular weight is 589 g/mol. The second kappa shape index (κ2) is 14.2. The van der Waals surface area contributed by atoms with Crippen molar-refractivity contribution in [3.63, 3.8) is 0 Å². The zero-order valence-corrected chi connectivity index (χ0v) is 23.1. The summed E-state index contributed by atoms with van der Waals surface area (Å²) in [6, 6.07) is 9.07. The quantitative estimate of drug-likeness (QED) is 0.265. The Labute approximate surface area is 240 Å². The molecule has 1 aliphatic heterocycles. The van der Waals surface area contributed by atoms with Crippen LogP contribution < -0.4 is 21.4 Å². The van der Waals surface area contributed by atoms with Crippen LogP contribution >= 0.6 is 11.6 Å². The lowest BCUT2D eigenvalue weighted by atomic mass is 10.1. The molecule has 3 amide bonds. The molecule has 1 fully saturated rings. The van der Waals surface area contributed by atoms with Crippen LogP contribution in [0.1, 0.15) is 31.7 Å². The maximum absolute atomic E-state index is 13.9. The van der Waals surface area contributed by atoms with E-state index < -0.39 is 29.7 Å². The SMILES string of the molecule is CC(=O)N(NCc1cccc(F)c1Cl)C(COC(=O)Nc1cc2cc(F)ccc2cn1)CC(=O)NC1CCNCC1. The lowest BCUT2D eigenvalue weighted by Gasteiger charge is -2.32. The van der Waals surface area contributed by atoms with E-state index in [0.717, 1.165) is 25.9 Å². The molecular weight excluding hydrogens is 558 g/mol. The first kappa shape index (κ1) is 30.1. The van der Waals surface area contributed by atoms with Crippen molar-refractivity contribution in [2.24, 2.45) is 0 Å². The number of anilines is 1. The molecule has 1 unspecified atom stereocenters. The number of hydrazine groups is 1. The number of aromatic nitrogens is 1. The Balaban J connectivity index is 1.45. The number of fused-ring (bicyclic) bond motifs is 1. The highest BCUT2D eigenvalue weighted by atomic mass is 35.5. The Morgan fingerprint density at radius 2 is 1.93 bits per heavy atom. The predicted molar refractivity (Wildman–Crippen MR) is 150 cm³/mol. The van der Waals surface area contributed by atoms with Crippen molar-refractivity contribution >= 4 is 46.1 Å². The Morgan fingerprint density at radius 3 is 2.68 bits per heavy atom. The van der Waals surface area contributed by atoms with E-state index in [2.05, 4.69) is 26.4 Å². The minimum Gasteiger partial charge on any atom is -0.447 e. The predicted octanol–water partition coefficient (Wildman–Crippen LogP) is 3.90. The van der Waals surface area contributed by atoms with Crippen molar-refractivity contribution in [1.29, 1.82) is 0 Å². The molecule has 1 atom stereocenters. The van der Waals surface area contributed by atoms with Crippen LogP contribution in [0.4, 0.5) is 19.4 Å². The molecule has 41 heavy (non-hydrogen) atoms. The number of carbonyl (C=O) groups is 3. The smallest absolute Gasteiger partial charge is 0.412 e. The van der Waals surface area contributed by atoms with E-state index >= 15 is 0 Å². The number of rotatable bonds is 10. The van der Waals surface area contributed by atoms with Crippen molar-refractivity contribution in [3.05, 3.63) is 70.9 Å². The van der Waals surface area contributed by atoms with Crippen molar-refractivity contribution in [1.82, 2.24) is 26.1 Å². The van der Waals surface area contributed by atoms with Gasteiger partial charge in [-0.1, -0.05) is 23.7 Å². The maximum Gasteiger partial charge on any atom is 0.412 e. The van der Waals surface area contributed by atoms with Crippen LogP contribution in [0.3, 0.4) is 0 Å². The molecule has 0 radical (unpaired) electrons. The van der Waals surface area contributed by atoms with Crippen molar-refractivity contribution < 1.29 is 27.9 Å². The molecule has 4 rings (SSSR count). The molecule has 2 aromatic carbocycles. The topological polar surface area (TPSA) is 125 Å². The first-order valence-corrected chi connectivity index (χ1v) is 13.5. The number of ether oxygens (including phenoxy) is 1. The van der Waals surface area contributed by atoms with Crippen molar-refractivity contribution in [2.75, 3.05) is 25.0 Å². The molecule has 1 saturated heterocycles. The van der Waals surface area contributed by atoms with Crippen LogP contribution in [0.2, 0.25) is 5.02 Å². The van der Waals surface area contributed by atoms with E-state index in [1.165, 1.54) is 48.5 Å². The van der Waals surface area contributed by atoms with Gasteiger partial charge in [0.15, 0.2) is 0 Å². The summed E-state index contributed by atoms with van der Waals surface area (Å²) in [7, 11) is 0. The average Bonchev–Trinajstić information content (AvgIpc) is 2.94. The van der Waals surface area contributed by atoms with Gasteiger partial charge in [-0.3, -0.25) is 19.9 Å². The number of nitrogens with one attached hydrogen (secondary N) is 4. The lowest BCUT2D eigenvalue weighted by Crippen LogP contribution is -2.53. The number of benzene rings is 2. The number of carbonyl (C=O) groups excluding carboxylic acids is 3. The third-order valence-corrected chi connectivity index (χ3v) is 7.05. The summed E-state index contributed by atoms with van der Waals surface area (Å²) < 4.78 is 32.9. The van der Waals surface area contributed by atoms with E-state index in [9.17, 15) is 23.2 Å². The minimum atomic E-state index is -0.911. The minimum absolute atomic E-state index is 0.0118. The van der Waals surface area contributed by atoms with E-state index in [4.69, 9.17) is 16.3 Å². The Bertz CT molecular complexity index is 1410. The highest BCUT2D eigenvalue weighted by Crippen LogP contribution is 2.20. The highest BCUT2D eigenvalue weighted by Gasteiger charge is 2.27. The molecule has 3 aromatic rings. The molecule has 218 valence electrons. The van der Waals surface area contributed by atoms with Crippen LogP contribution in [-0.2, 0) is 20.9 Å². The van der Waals surface area contributed by atoms with Gasteiger partial charge in [-0.2, -0.15) is 0 Å². The molecule has 1 aromatic heterocycles. The highest BCUT2D eigenvalue weighted by molar-refractivity contribution is 6.31. The van der Waals surface area contributed by atoms with Gasteiger partial charge in [0.25, 0.3) is 0 Å². The Morgan fingerprint density at radius 1 is 1.15 bits per heavy atom. The fourth-order valence-electron chi connectivity index (χ4n) is 4.54. The van der Waals surface area contributed by atoms with Crippen LogP contribution in [0, 0.1) is 11.6 Å². The van der Waals surface area contributed by atoms with Gasteiger partial charge in [0, 0.05) is 31.1 Å². The summed E-state index contributed by atoms with van der Waals surface area (Å²) in [6.07, 6.45) is 1.97. The van der Waals surface area contributed by atoms with Crippen molar-refractivity contribution in [3.8, 4) is 0 Å². The molecule has 2 heterocycles. The number of halogens is 3. The van der Waals surface area contributed by atoms with Crippen LogP contribution in [-0.4, -0.2) is 59.7 Å². The molecular formula is C28H31ClF2N6O4. The standard InChI is InChI=1S/C28H31ClF2N6O4/c1-17(38)37(34-15-19-3-2-4-24(31)27(19)29)23(13-26(39)35-22-7-9-32-10-8-22)16-41-28(40)36-25-12-20-11-21(30)6-5-18(20)14-33-25/h2-6,11-12,14,22-23,32,34H,7-10,13,15-16H2,1H3,(H,35,39)(H,33,36,40). The van der Waals surface area contributed by atoms with Gasteiger partial charge in [0.05, 0.1) is 17.5 Å². The molecule has 4 N–H and O–H groups in total. The molecule has 13 heteroatoms. The molecule has 0 spiro atoms. The van der Waals surface area contributed by atoms with E-state index in [0.29, 0.717) is 16.3 Å². The third kappa shape index (κ3) is 8.56. The second-order valence-corrected chi connectivity index (χ2v) is 10.0. The van der Waals surface area contributed by atoms with Crippen LogP contribution in [0.5, 0.6) is 0 Å². The summed E-state index contributed by atoms with van der Waals surface area (Å²) in [5.74, 6) is -1.68. The van der Waals surface area contributed by atoms with E-state index in [1.807, 2.05) is 0 Å².